The van der Waals surface area contributed by atoms with Gasteiger partial charge < -0.3 is 10.1 Å². The number of carbonyl (C=O) groups is 1. The lowest BCUT2D eigenvalue weighted by Crippen LogP contribution is -2.23. The van der Waals surface area contributed by atoms with E-state index < -0.39 is 15.9 Å². The van der Waals surface area contributed by atoms with Gasteiger partial charge in [-0.2, -0.15) is 0 Å². The van der Waals surface area contributed by atoms with E-state index in [1.807, 2.05) is 12.1 Å². The average Bonchev–Trinajstić information content (AvgIpc) is 3.23. The number of ether oxygens (including phenoxy) is 1. The van der Waals surface area contributed by atoms with Crippen LogP contribution < -0.4 is 14.8 Å². The SMILES string of the molecule is CCCc1ccc(S(=O)(=O)NCc2nnc(C(=O)Nc3ccc(OC)cc3)s2)cc1. The number of nitrogens with one attached hydrogen (secondary N) is 2. The van der Waals surface area contributed by atoms with Gasteiger partial charge in [-0.25, -0.2) is 13.1 Å². The van der Waals surface area contributed by atoms with Crippen LogP contribution in [0.15, 0.2) is 53.4 Å². The maximum Gasteiger partial charge on any atom is 0.286 e. The zero-order valence-electron chi connectivity index (χ0n) is 16.6. The number of hydrogen-bond acceptors (Lipinski definition) is 7. The summed E-state index contributed by atoms with van der Waals surface area (Å²) in [6.07, 6.45) is 1.90. The molecule has 158 valence electrons. The fourth-order valence-corrected chi connectivity index (χ4v) is 4.39. The zero-order chi connectivity index (χ0) is 21.6. The molecule has 0 saturated heterocycles. The Morgan fingerprint density at radius 1 is 1.07 bits per heavy atom. The molecule has 0 fully saturated rings. The Kier molecular flexibility index (Phi) is 7.14. The van der Waals surface area contributed by atoms with Crippen LogP contribution in [0.4, 0.5) is 5.69 Å². The quantitative estimate of drug-likeness (QED) is 0.522. The van der Waals surface area contributed by atoms with Crippen molar-refractivity contribution in [1.29, 1.82) is 0 Å². The number of rotatable bonds is 9. The van der Waals surface area contributed by atoms with Crippen molar-refractivity contribution < 1.29 is 17.9 Å². The normalized spacial score (nSPS) is 11.3. The van der Waals surface area contributed by atoms with E-state index in [9.17, 15) is 13.2 Å². The minimum absolute atomic E-state index is 0.0491. The van der Waals surface area contributed by atoms with Crippen LogP contribution in [0.2, 0.25) is 0 Å². The van der Waals surface area contributed by atoms with Gasteiger partial charge in [0.25, 0.3) is 5.91 Å². The molecule has 0 bridgehead atoms. The monoisotopic (exact) mass is 446 g/mol. The van der Waals surface area contributed by atoms with Gasteiger partial charge in [0.1, 0.15) is 10.8 Å². The summed E-state index contributed by atoms with van der Waals surface area (Å²) in [6, 6.07) is 13.7. The molecule has 0 aliphatic carbocycles. The van der Waals surface area contributed by atoms with Crippen molar-refractivity contribution in [3.05, 3.63) is 64.1 Å². The summed E-state index contributed by atoms with van der Waals surface area (Å²) >= 11 is 1.03. The summed E-state index contributed by atoms with van der Waals surface area (Å²) in [5, 5.41) is 11.0. The smallest absolute Gasteiger partial charge is 0.286 e. The van der Waals surface area contributed by atoms with E-state index in [-0.39, 0.29) is 16.4 Å². The molecule has 3 rings (SSSR count). The van der Waals surface area contributed by atoms with Gasteiger partial charge in [0, 0.05) is 5.69 Å². The Labute approximate surface area is 179 Å². The number of nitrogens with zero attached hydrogens (tertiary/aromatic N) is 2. The van der Waals surface area contributed by atoms with Crippen LogP contribution in [-0.2, 0) is 23.0 Å². The molecule has 0 aliphatic rings. The van der Waals surface area contributed by atoms with E-state index >= 15 is 0 Å². The summed E-state index contributed by atoms with van der Waals surface area (Å²) in [6.45, 7) is 2.02. The van der Waals surface area contributed by atoms with E-state index in [1.54, 1.807) is 43.5 Å². The van der Waals surface area contributed by atoms with Gasteiger partial charge in [-0.05, 0) is 48.4 Å². The van der Waals surface area contributed by atoms with E-state index in [1.165, 1.54) is 0 Å². The maximum atomic E-state index is 12.5. The fraction of sp³-hybridized carbons (Fsp3) is 0.250. The van der Waals surface area contributed by atoms with Crippen molar-refractivity contribution in [2.45, 2.75) is 31.2 Å². The highest BCUT2D eigenvalue weighted by atomic mass is 32.2. The second-order valence-electron chi connectivity index (χ2n) is 6.40. The fourth-order valence-electron chi connectivity index (χ4n) is 2.64. The Hall–Kier alpha value is -2.82. The zero-order valence-corrected chi connectivity index (χ0v) is 18.2. The number of hydrogen-bond donors (Lipinski definition) is 2. The van der Waals surface area contributed by atoms with Gasteiger partial charge in [-0.15, -0.1) is 10.2 Å². The molecule has 30 heavy (non-hydrogen) atoms. The second kappa shape index (κ2) is 9.79. The molecule has 0 saturated carbocycles. The first kappa shape index (κ1) is 21.9. The van der Waals surface area contributed by atoms with Crippen molar-refractivity contribution >= 4 is 33.0 Å². The topological polar surface area (TPSA) is 110 Å². The lowest BCUT2D eigenvalue weighted by Gasteiger charge is -2.06. The third-order valence-electron chi connectivity index (χ3n) is 4.19. The standard InChI is InChI=1S/C20H22N4O4S2/c1-3-4-14-5-11-17(12-6-14)30(26,27)21-13-18-23-24-20(29-18)19(25)22-15-7-9-16(28-2)10-8-15/h5-12,21H,3-4,13H2,1-2H3,(H,22,25). The van der Waals surface area contributed by atoms with Crippen LogP contribution >= 0.6 is 11.3 Å². The molecule has 1 amide bonds. The van der Waals surface area contributed by atoms with Gasteiger partial charge in [0.2, 0.25) is 15.0 Å². The van der Waals surface area contributed by atoms with Crippen LogP contribution in [0.25, 0.3) is 0 Å². The van der Waals surface area contributed by atoms with Gasteiger partial charge in [0.05, 0.1) is 18.6 Å². The van der Waals surface area contributed by atoms with Crippen LogP contribution in [0.3, 0.4) is 0 Å². The first-order valence-corrected chi connectivity index (χ1v) is 11.6. The predicted octanol–water partition coefficient (Wildman–Crippen LogP) is 3.23. The summed E-state index contributed by atoms with van der Waals surface area (Å²) in [5.74, 6) is 0.261. The Balaban J connectivity index is 1.59. The molecular formula is C20H22N4O4S2. The van der Waals surface area contributed by atoms with E-state index in [2.05, 4.69) is 27.2 Å². The second-order valence-corrected chi connectivity index (χ2v) is 9.23. The summed E-state index contributed by atoms with van der Waals surface area (Å²) in [7, 11) is -2.12. The predicted molar refractivity (Wildman–Crippen MR) is 115 cm³/mol. The molecule has 1 aromatic heterocycles. The molecule has 2 aromatic carbocycles. The highest BCUT2D eigenvalue weighted by Crippen LogP contribution is 2.18. The first-order valence-electron chi connectivity index (χ1n) is 9.27. The molecule has 0 aliphatic heterocycles. The Morgan fingerprint density at radius 3 is 2.40 bits per heavy atom. The lowest BCUT2D eigenvalue weighted by molar-refractivity contribution is 0.102. The maximum absolute atomic E-state index is 12.5. The van der Waals surface area contributed by atoms with E-state index in [0.717, 1.165) is 29.7 Å². The largest absolute Gasteiger partial charge is 0.497 e. The molecule has 1 heterocycles. The number of aryl methyl sites for hydroxylation is 1. The van der Waals surface area contributed by atoms with Crippen LogP contribution in [-0.4, -0.2) is 31.6 Å². The molecule has 0 radical (unpaired) electrons. The summed E-state index contributed by atoms with van der Waals surface area (Å²) in [4.78, 5) is 12.5. The Bertz CT molecular complexity index is 1090. The van der Waals surface area contributed by atoms with Crippen molar-refractivity contribution in [2.24, 2.45) is 0 Å². The number of anilines is 1. The number of aromatic nitrogens is 2. The number of methoxy groups -OCH3 is 1. The minimum Gasteiger partial charge on any atom is -0.497 e. The molecule has 8 nitrogen and oxygen atoms in total. The molecule has 2 N–H and O–H groups in total. The molecule has 0 unspecified atom stereocenters. The first-order chi connectivity index (χ1) is 14.4. The third kappa shape index (κ3) is 5.62. The van der Waals surface area contributed by atoms with E-state index in [4.69, 9.17) is 4.74 Å². The Morgan fingerprint density at radius 2 is 1.77 bits per heavy atom. The molecule has 0 atom stereocenters. The number of benzene rings is 2. The number of carbonyl (C=O) groups excluding carboxylic acids is 1. The van der Waals surface area contributed by atoms with Gasteiger partial charge in [-0.1, -0.05) is 36.8 Å². The minimum atomic E-state index is -3.68. The van der Waals surface area contributed by atoms with Gasteiger partial charge in [0.15, 0.2) is 0 Å². The summed E-state index contributed by atoms with van der Waals surface area (Å²) < 4.78 is 32.5. The van der Waals surface area contributed by atoms with Crippen LogP contribution in [0, 0.1) is 0 Å². The number of amides is 1. The third-order valence-corrected chi connectivity index (χ3v) is 6.53. The van der Waals surface area contributed by atoms with Crippen molar-refractivity contribution in [3.63, 3.8) is 0 Å². The van der Waals surface area contributed by atoms with Crippen molar-refractivity contribution in [2.75, 3.05) is 12.4 Å². The highest BCUT2D eigenvalue weighted by molar-refractivity contribution is 7.89. The molecule has 3 aromatic rings. The molecule has 10 heteroatoms. The number of sulfonamides is 1. The van der Waals surface area contributed by atoms with Crippen molar-refractivity contribution in [3.8, 4) is 5.75 Å². The summed E-state index contributed by atoms with van der Waals surface area (Å²) in [5.41, 5.74) is 1.68. The molecular weight excluding hydrogens is 424 g/mol. The van der Waals surface area contributed by atoms with Crippen LogP contribution in [0.5, 0.6) is 5.75 Å². The van der Waals surface area contributed by atoms with Gasteiger partial charge in [-0.3, -0.25) is 4.79 Å². The van der Waals surface area contributed by atoms with E-state index in [0.29, 0.717) is 16.4 Å². The van der Waals surface area contributed by atoms with Crippen molar-refractivity contribution in [1.82, 2.24) is 14.9 Å². The highest BCUT2D eigenvalue weighted by Gasteiger charge is 2.17. The average molecular weight is 447 g/mol. The van der Waals surface area contributed by atoms with Gasteiger partial charge >= 0.3 is 0 Å². The lowest BCUT2D eigenvalue weighted by atomic mass is 10.1. The van der Waals surface area contributed by atoms with Crippen LogP contribution in [0.1, 0.15) is 33.7 Å². The molecule has 0 spiro atoms.